The number of pyridine rings is 1. The molecule has 22 heavy (non-hydrogen) atoms. The second-order valence-electron chi connectivity index (χ2n) is 4.34. The van der Waals surface area contributed by atoms with Crippen LogP contribution in [0.2, 0.25) is 10.0 Å². The summed E-state index contributed by atoms with van der Waals surface area (Å²) in [6, 6.07) is 7.12. The Labute approximate surface area is 134 Å². The molecular formula is C14H10Cl2N2O4. The van der Waals surface area contributed by atoms with Gasteiger partial charge in [0.05, 0.1) is 10.0 Å². The van der Waals surface area contributed by atoms with Crippen LogP contribution in [0.4, 0.5) is 5.69 Å². The number of carboxylic acids is 1. The fourth-order valence-electron chi connectivity index (χ4n) is 1.75. The highest BCUT2D eigenvalue weighted by Crippen LogP contribution is 2.24. The van der Waals surface area contributed by atoms with Gasteiger partial charge in [-0.25, -0.2) is 4.79 Å². The third-order valence-corrected chi connectivity index (χ3v) is 3.51. The molecule has 0 unspecified atom stereocenters. The molecule has 2 aromatic rings. The van der Waals surface area contributed by atoms with Crippen molar-refractivity contribution in [2.75, 3.05) is 5.32 Å². The number of hydrogen-bond acceptors (Lipinski definition) is 3. The Kier molecular flexibility index (Phi) is 4.85. The van der Waals surface area contributed by atoms with E-state index >= 15 is 0 Å². The van der Waals surface area contributed by atoms with Gasteiger partial charge in [0.1, 0.15) is 12.1 Å². The monoisotopic (exact) mass is 340 g/mol. The molecule has 0 bridgehead atoms. The third kappa shape index (κ3) is 3.66. The fraction of sp³-hybridized carbons (Fsp3) is 0.0714. The largest absolute Gasteiger partial charge is 0.477 e. The number of anilines is 1. The average molecular weight is 341 g/mol. The van der Waals surface area contributed by atoms with E-state index in [1.807, 2.05) is 0 Å². The van der Waals surface area contributed by atoms with Crippen LogP contribution >= 0.6 is 23.2 Å². The summed E-state index contributed by atoms with van der Waals surface area (Å²) < 4.78 is 1.01. The van der Waals surface area contributed by atoms with E-state index in [2.05, 4.69) is 5.32 Å². The predicted octanol–water partition coefficient (Wildman–Crippen LogP) is 2.49. The minimum atomic E-state index is -1.34. The first-order valence-corrected chi connectivity index (χ1v) is 6.81. The van der Waals surface area contributed by atoms with Gasteiger partial charge in [-0.1, -0.05) is 23.2 Å². The molecule has 1 aromatic heterocycles. The maximum Gasteiger partial charge on any atom is 0.341 e. The first kappa shape index (κ1) is 16.1. The van der Waals surface area contributed by atoms with Crippen molar-refractivity contribution in [3.63, 3.8) is 0 Å². The van der Waals surface area contributed by atoms with E-state index in [0.717, 1.165) is 4.57 Å². The van der Waals surface area contributed by atoms with Gasteiger partial charge in [-0.05, 0) is 30.3 Å². The minimum absolute atomic E-state index is 0.282. The zero-order chi connectivity index (χ0) is 16.3. The Balaban J connectivity index is 2.16. The van der Waals surface area contributed by atoms with Crippen LogP contribution in [0.1, 0.15) is 10.4 Å². The van der Waals surface area contributed by atoms with Gasteiger partial charge in [-0.2, -0.15) is 0 Å². The van der Waals surface area contributed by atoms with Crippen molar-refractivity contribution in [2.24, 2.45) is 0 Å². The number of nitrogens with zero attached hydrogens (tertiary/aromatic N) is 1. The van der Waals surface area contributed by atoms with Crippen LogP contribution in [-0.2, 0) is 11.3 Å². The molecule has 0 saturated carbocycles. The molecule has 8 heteroatoms. The van der Waals surface area contributed by atoms with Crippen molar-refractivity contribution in [3.8, 4) is 0 Å². The minimum Gasteiger partial charge on any atom is -0.477 e. The second kappa shape index (κ2) is 6.64. The van der Waals surface area contributed by atoms with Gasteiger partial charge in [0.15, 0.2) is 0 Å². The van der Waals surface area contributed by atoms with Gasteiger partial charge < -0.3 is 15.0 Å². The standard InChI is InChI=1S/C14H10Cl2N2O4/c15-10-4-3-8(6-11(10)16)17-12(19)7-18-5-1-2-9(13(18)20)14(21)22/h1-6H,7H2,(H,17,19)(H,21,22). The van der Waals surface area contributed by atoms with Crippen LogP contribution in [0.3, 0.4) is 0 Å². The molecule has 0 radical (unpaired) electrons. The molecule has 2 rings (SSSR count). The Hall–Kier alpha value is -2.31. The summed E-state index contributed by atoms with van der Waals surface area (Å²) in [6.07, 6.45) is 1.34. The quantitative estimate of drug-likeness (QED) is 0.894. The number of benzene rings is 1. The highest BCUT2D eigenvalue weighted by molar-refractivity contribution is 6.42. The van der Waals surface area contributed by atoms with Crippen LogP contribution in [0, 0.1) is 0 Å². The Morgan fingerprint density at radius 2 is 1.91 bits per heavy atom. The van der Waals surface area contributed by atoms with Crippen LogP contribution in [0.5, 0.6) is 0 Å². The highest BCUT2D eigenvalue weighted by Gasteiger charge is 2.12. The van der Waals surface area contributed by atoms with E-state index in [4.69, 9.17) is 28.3 Å². The molecule has 0 aliphatic rings. The Morgan fingerprint density at radius 3 is 2.55 bits per heavy atom. The Bertz CT molecular complexity index is 802. The predicted molar refractivity (Wildman–Crippen MR) is 82.8 cm³/mol. The number of aromatic carboxylic acids is 1. The molecule has 114 valence electrons. The lowest BCUT2D eigenvalue weighted by Gasteiger charge is -2.08. The zero-order valence-corrected chi connectivity index (χ0v) is 12.6. The van der Waals surface area contributed by atoms with Crippen LogP contribution < -0.4 is 10.9 Å². The van der Waals surface area contributed by atoms with Crippen molar-refractivity contribution in [1.82, 2.24) is 4.57 Å². The van der Waals surface area contributed by atoms with Crippen LogP contribution in [0.25, 0.3) is 0 Å². The first-order chi connectivity index (χ1) is 10.4. The molecule has 2 N–H and O–H groups in total. The molecule has 0 spiro atoms. The summed E-state index contributed by atoms with van der Waals surface area (Å²) >= 11 is 11.6. The van der Waals surface area contributed by atoms with Gasteiger partial charge in [0, 0.05) is 11.9 Å². The summed E-state index contributed by atoms with van der Waals surface area (Å²) in [5.41, 5.74) is -0.731. The van der Waals surface area contributed by atoms with E-state index in [1.165, 1.54) is 30.5 Å². The van der Waals surface area contributed by atoms with Gasteiger partial charge in [-0.3, -0.25) is 9.59 Å². The van der Waals surface area contributed by atoms with Crippen molar-refractivity contribution >= 4 is 40.8 Å². The molecule has 0 aliphatic carbocycles. The smallest absolute Gasteiger partial charge is 0.341 e. The molecular weight excluding hydrogens is 331 g/mol. The molecule has 6 nitrogen and oxygen atoms in total. The van der Waals surface area contributed by atoms with E-state index in [9.17, 15) is 14.4 Å². The molecule has 0 atom stereocenters. The SMILES string of the molecule is O=C(Cn1cccc(C(=O)O)c1=O)Nc1ccc(Cl)c(Cl)c1. The lowest BCUT2D eigenvalue weighted by molar-refractivity contribution is -0.116. The maximum atomic E-state index is 11.9. The average Bonchev–Trinajstić information content (AvgIpc) is 2.45. The number of rotatable bonds is 4. The number of carbonyl (C=O) groups excluding carboxylic acids is 1. The van der Waals surface area contributed by atoms with Crippen LogP contribution in [-0.4, -0.2) is 21.6 Å². The topological polar surface area (TPSA) is 88.4 Å². The number of halogens is 2. The molecule has 0 aliphatic heterocycles. The highest BCUT2D eigenvalue weighted by atomic mass is 35.5. The number of amides is 1. The number of aromatic nitrogens is 1. The normalized spacial score (nSPS) is 10.3. The summed E-state index contributed by atoms with van der Waals surface area (Å²) in [4.78, 5) is 34.7. The number of hydrogen-bond donors (Lipinski definition) is 2. The molecule has 0 saturated heterocycles. The fourth-order valence-corrected chi connectivity index (χ4v) is 2.05. The van der Waals surface area contributed by atoms with Crippen molar-refractivity contribution in [1.29, 1.82) is 0 Å². The number of carbonyl (C=O) groups is 2. The van der Waals surface area contributed by atoms with Crippen LogP contribution in [0.15, 0.2) is 41.3 Å². The number of nitrogens with one attached hydrogen (secondary N) is 1. The maximum absolute atomic E-state index is 11.9. The lowest BCUT2D eigenvalue weighted by Crippen LogP contribution is -2.30. The third-order valence-electron chi connectivity index (χ3n) is 2.77. The second-order valence-corrected chi connectivity index (χ2v) is 5.15. The molecule has 1 heterocycles. The Morgan fingerprint density at radius 1 is 1.18 bits per heavy atom. The molecule has 0 fully saturated rings. The summed E-state index contributed by atoms with van der Waals surface area (Å²) in [5.74, 6) is -1.84. The van der Waals surface area contributed by atoms with Crippen molar-refractivity contribution in [2.45, 2.75) is 6.54 Å². The van der Waals surface area contributed by atoms with Crippen molar-refractivity contribution < 1.29 is 14.7 Å². The first-order valence-electron chi connectivity index (χ1n) is 6.06. The zero-order valence-electron chi connectivity index (χ0n) is 11.0. The molecule has 1 amide bonds. The van der Waals surface area contributed by atoms with E-state index in [1.54, 1.807) is 6.07 Å². The van der Waals surface area contributed by atoms with Gasteiger partial charge in [0.2, 0.25) is 5.91 Å². The lowest BCUT2D eigenvalue weighted by atomic mass is 10.3. The van der Waals surface area contributed by atoms with E-state index in [0.29, 0.717) is 10.7 Å². The summed E-state index contributed by atoms with van der Waals surface area (Å²) in [6.45, 7) is -0.319. The van der Waals surface area contributed by atoms with Gasteiger partial charge >= 0.3 is 5.97 Å². The van der Waals surface area contributed by atoms with Crippen molar-refractivity contribution in [3.05, 3.63) is 62.5 Å². The number of carboxylic acid groups (broad SMARTS) is 1. The van der Waals surface area contributed by atoms with E-state index < -0.39 is 23.0 Å². The van der Waals surface area contributed by atoms with Gasteiger partial charge in [0.25, 0.3) is 5.56 Å². The summed E-state index contributed by atoms with van der Waals surface area (Å²) in [7, 11) is 0. The molecule has 1 aromatic carbocycles. The van der Waals surface area contributed by atoms with E-state index in [-0.39, 0.29) is 11.6 Å². The van der Waals surface area contributed by atoms with Gasteiger partial charge in [-0.15, -0.1) is 0 Å². The summed E-state index contributed by atoms with van der Waals surface area (Å²) in [5, 5.41) is 12.1.